The first-order chi connectivity index (χ1) is 4.43. The van der Waals surface area contributed by atoms with Crippen molar-refractivity contribution in [1.82, 2.24) is 0 Å². The van der Waals surface area contributed by atoms with Gasteiger partial charge in [0.05, 0.1) is 0 Å². The molecule has 0 nitrogen and oxygen atoms in total. The molecule has 0 unspecified atom stereocenters. The fourth-order valence-corrected chi connectivity index (χ4v) is 0.850. The fourth-order valence-electron chi connectivity index (χ4n) is 0.850. The first-order valence-corrected chi connectivity index (χ1v) is 3.25. The van der Waals surface area contributed by atoms with Crippen molar-refractivity contribution in [3.05, 3.63) is 42.3 Å². The van der Waals surface area contributed by atoms with Gasteiger partial charge in [0.25, 0.3) is 0 Å². The van der Waals surface area contributed by atoms with E-state index in [1.165, 1.54) is 5.56 Å². The monoisotopic (exact) mass is 208 g/mol. The van der Waals surface area contributed by atoms with E-state index in [1.54, 1.807) is 0 Å². The molecule has 0 heterocycles. The van der Waals surface area contributed by atoms with E-state index in [0.717, 1.165) is 6.42 Å². The van der Waals surface area contributed by atoms with Crippen molar-refractivity contribution >= 4 is 0 Å². The van der Waals surface area contributed by atoms with E-state index in [4.69, 9.17) is 0 Å². The van der Waals surface area contributed by atoms with Crippen molar-refractivity contribution in [1.29, 1.82) is 0 Å². The summed E-state index contributed by atoms with van der Waals surface area (Å²) in [4.78, 5) is 0. The number of benzene rings is 1. The smallest absolute Gasteiger partial charge is 0 e. The SMILES string of the molecule is C[CH-]Cc1ccccc1.[Y]. The molecule has 1 heteroatoms. The Hall–Kier alpha value is 0.324. The molecular formula is C9H11Y-. The predicted octanol–water partition coefficient (Wildman–Crippen LogP) is 2.45. The van der Waals surface area contributed by atoms with Crippen LogP contribution in [0.3, 0.4) is 0 Å². The Morgan fingerprint density at radius 3 is 2.30 bits per heavy atom. The second-order valence-corrected chi connectivity index (χ2v) is 2.10. The molecule has 1 rings (SSSR count). The van der Waals surface area contributed by atoms with E-state index in [-0.39, 0.29) is 32.7 Å². The summed E-state index contributed by atoms with van der Waals surface area (Å²) in [5, 5.41) is 0. The zero-order valence-corrected chi connectivity index (χ0v) is 9.09. The van der Waals surface area contributed by atoms with Gasteiger partial charge in [0, 0.05) is 32.7 Å². The third-order valence-electron chi connectivity index (χ3n) is 1.28. The maximum Gasteiger partial charge on any atom is 0 e. The van der Waals surface area contributed by atoms with E-state index < -0.39 is 0 Å². The minimum Gasteiger partial charge on any atom is -0.327 e. The van der Waals surface area contributed by atoms with Gasteiger partial charge in [0.2, 0.25) is 0 Å². The Bertz CT molecular complexity index is 158. The molecule has 0 aliphatic rings. The van der Waals surface area contributed by atoms with Gasteiger partial charge in [-0.3, -0.25) is 0 Å². The van der Waals surface area contributed by atoms with Crippen molar-refractivity contribution in [2.24, 2.45) is 0 Å². The van der Waals surface area contributed by atoms with Gasteiger partial charge in [-0.25, -0.2) is 0 Å². The third-order valence-corrected chi connectivity index (χ3v) is 1.28. The summed E-state index contributed by atoms with van der Waals surface area (Å²) >= 11 is 0. The summed E-state index contributed by atoms with van der Waals surface area (Å²) in [5.41, 5.74) is 1.39. The molecule has 1 aromatic rings. The molecular weight excluding hydrogens is 197 g/mol. The van der Waals surface area contributed by atoms with Crippen molar-refractivity contribution < 1.29 is 32.7 Å². The quantitative estimate of drug-likeness (QED) is 0.655. The summed E-state index contributed by atoms with van der Waals surface area (Å²) in [6, 6.07) is 10.5. The Labute approximate surface area is 87.9 Å². The Balaban J connectivity index is 0.000000810. The van der Waals surface area contributed by atoms with Gasteiger partial charge in [0.1, 0.15) is 0 Å². The van der Waals surface area contributed by atoms with Crippen molar-refractivity contribution in [2.75, 3.05) is 0 Å². The van der Waals surface area contributed by atoms with Crippen molar-refractivity contribution in [2.45, 2.75) is 13.3 Å². The van der Waals surface area contributed by atoms with Crippen LogP contribution in [0, 0.1) is 6.42 Å². The first-order valence-electron chi connectivity index (χ1n) is 3.25. The molecule has 0 atom stereocenters. The van der Waals surface area contributed by atoms with Gasteiger partial charge in [-0.15, -0.1) is 0 Å². The molecule has 0 bridgehead atoms. The van der Waals surface area contributed by atoms with Crippen LogP contribution in [0.4, 0.5) is 0 Å². The van der Waals surface area contributed by atoms with E-state index in [0.29, 0.717) is 0 Å². The largest absolute Gasteiger partial charge is 0.327 e. The maximum absolute atomic E-state index is 2.16. The minimum atomic E-state index is 0. The van der Waals surface area contributed by atoms with Gasteiger partial charge >= 0.3 is 0 Å². The van der Waals surface area contributed by atoms with Gasteiger partial charge in [-0.05, 0) is 0 Å². The molecule has 1 aromatic carbocycles. The topological polar surface area (TPSA) is 0 Å². The van der Waals surface area contributed by atoms with E-state index in [9.17, 15) is 0 Å². The second kappa shape index (κ2) is 6.06. The molecule has 0 spiro atoms. The van der Waals surface area contributed by atoms with Crippen molar-refractivity contribution in [3.63, 3.8) is 0 Å². The maximum atomic E-state index is 2.16. The molecule has 0 saturated heterocycles. The van der Waals surface area contributed by atoms with Crippen LogP contribution >= 0.6 is 0 Å². The average molecular weight is 208 g/mol. The van der Waals surface area contributed by atoms with Gasteiger partial charge in [-0.2, -0.15) is 13.3 Å². The molecule has 0 aromatic heterocycles. The van der Waals surface area contributed by atoms with Crippen LogP contribution in [0.2, 0.25) is 0 Å². The average Bonchev–Trinajstić information content (AvgIpc) is 1.91. The molecule has 0 aliphatic heterocycles. The minimum absolute atomic E-state index is 0. The van der Waals surface area contributed by atoms with Gasteiger partial charge in [0.15, 0.2) is 0 Å². The van der Waals surface area contributed by atoms with E-state index in [2.05, 4.69) is 37.6 Å². The molecule has 10 heavy (non-hydrogen) atoms. The number of rotatable bonds is 2. The Morgan fingerprint density at radius 1 is 1.20 bits per heavy atom. The summed E-state index contributed by atoms with van der Waals surface area (Å²) in [7, 11) is 0. The normalized spacial score (nSPS) is 8.50. The summed E-state index contributed by atoms with van der Waals surface area (Å²) in [6.45, 7) is 2.08. The molecule has 0 aliphatic carbocycles. The zero-order valence-electron chi connectivity index (χ0n) is 6.25. The predicted molar refractivity (Wildman–Crippen MR) is 40.1 cm³/mol. The van der Waals surface area contributed by atoms with Crippen LogP contribution < -0.4 is 0 Å². The molecule has 51 valence electrons. The summed E-state index contributed by atoms with van der Waals surface area (Å²) in [6.07, 6.45) is 3.25. The third kappa shape index (κ3) is 3.48. The second-order valence-electron chi connectivity index (χ2n) is 2.10. The molecule has 0 N–H and O–H groups in total. The Morgan fingerprint density at radius 2 is 1.80 bits per heavy atom. The molecule has 0 fully saturated rings. The van der Waals surface area contributed by atoms with Crippen LogP contribution in [0.15, 0.2) is 30.3 Å². The van der Waals surface area contributed by atoms with Crippen LogP contribution in [0.1, 0.15) is 12.5 Å². The van der Waals surface area contributed by atoms with E-state index in [1.807, 2.05) is 6.07 Å². The van der Waals surface area contributed by atoms with E-state index >= 15 is 0 Å². The molecule has 1 radical (unpaired) electrons. The fraction of sp³-hybridized carbons (Fsp3) is 0.222. The molecule has 0 saturated carbocycles. The first kappa shape index (κ1) is 10.3. The summed E-state index contributed by atoms with van der Waals surface area (Å²) < 4.78 is 0. The van der Waals surface area contributed by atoms with Crippen LogP contribution in [-0.4, -0.2) is 0 Å². The van der Waals surface area contributed by atoms with Gasteiger partial charge in [-0.1, -0.05) is 35.9 Å². The van der Waals surface area contributed by atoms with Crippen LogP contribution in [-0.2, 0) is 39.1 Å². The summed E-state index contributed by atoms with van der Waals surface area (Å²) in [5.74, 6) is 0. The van der Waals surface area contributed by atoms with Crippen LogP contribution in [0.5, 0.6) is 0 Å². The van der Waals surface area contributed by atoms with Crippen molar-refractivity contribution in [3.8, 4) is 0 Å². The number of hydrogen-bond acceptors (Lipinski definition) is 0. The zero-order chi connectivity index (χ0) is 6.53. The van der Waals surface area contributed by atoms with Gasteiger partial charge < -0.3 is 6.42 Å². The number of hydrogen-bond donors (Lipinski definition) is 0. The standard InChI is InChI=1S/C9H11.Y/c1-2-6-9-7-4-3-5-8-9;/h2-5,7-8H,6H2,1H3;/q-1;. The molecule has 0 amide bonds. The Kier molecular flexibility index (Phi) is 6.26. The van der Waals surface area contributed by atoms with Crippen LogP contribution in [0.25, 0.3) is 0 Å².